The average Bonchev–Trinajstić information content (AvgIpc) is 3.10. The number of nitrogens with one attached hydrogen (secondary N) is 3. The summed E-state index contributed by atoms with van der Waals surface area (Å²) in [5.74, 6) is 2.14. The van der Waals surface area contributed by atoms with E-state index in [1.54, 1.807) is 27.5 Å². The number of aromatic amines is 1. The zero-order valence-electron chi connectivity index (χ0n) is 14.7. The van der Waals surface area contributed by atoms with Gasteiger partial charge in [-0.3, -0.25) is 5.43 Å². The molecule has 26 heavy (non-hydrogen) atoms. The first-order chi connectivity index (χ1) is 12.6. The lowest BCUT2D eigenvalue weighted by atomic mass is 10.2. The van der Waals surface area contributed by atoms with Crippen LogP contribution < -0.4 is 20.2 Å². The highest BCUT2D eigenvalue weighted by atomic mass is 32.1. The van der Waals surface area contributed by atoms with Crippen molar-refractivity contribution in [2.45, 2.75) is 0 Å². The van der Waals surface area contributed by atoms with Crippen LogP contribution in [0.1, 0.15) is 5.56 Å². The van der Waals surface area contributed by atoms with Crippen LogP contribution >= 0.6 is 12.2 Å². The molecule has 0 fully saturated rings. The van der Waals surface area contributed by atoms with Gasteiger partial charge in [-0.15, -0.1) is 0 Å². The molecule has 3 aromatic rings. The van der Waals surface area contributed by atoms with Crippen LogP contribution in [0.2, 0.25) is 0 Å². The van der Waals surface area contributed by atoms with E-state index >= 15 is 0 Å². The summed E-state index contributed by atoms with van der Waals surface area (Å²) in [6, 6.07) is 11.5. The first kappa shape index (κ1) is 17.7. The third-order valence-electron chi connectivity index (χ3n) is 3.78. The van der Waals surface area contributed by atoms with Crippen molar-refractivity contribution >= 4 is 34.6 Å². The largest absolute Gasteiger partial charge is 0.497 e. The van der Waals surface area contributed by atoms with E-state index in [-0.39, 0.29) is 0 Å². The van der Waals surface area contributed by atoms with Crippen molar-refractivity contribution in [3.8, 4) is 22.9 Å². The molecule has 0 atom stereocenters. The van der Waals surface area contributed by atoms with Crippen LogP contribution in [-0.2, 0) is 0 Å². The number of hydrazone groups is 1. The minimum absolute atomic E-state index is 0.456. The zero-order chi connectivity index (χ0) is 18.5. The number of hydrogen-bond donors (Lipinski definition) is 3. The molecule has 0 saturated heterocycles. The number of aromatic nitrogens is 2. The van der Waals surface area contributed by atoms with Crippen molar-refractivity contribution in [2.24, 2.45) is 5.10 Å². The van der Waals surface area contributed by atoms with Gasteiger partial charge in [0, 0.05) is 13.1 Å². The monoisotopic (exact) mass is 369 g/mol. The van der Waals surface area contributed by atoms with Crippen LogP contribution in [0.15, 0.2) is 41.5 Å². The number of methoxy groups -OCH3 is 2. The highest BCUT2D eigenvalue weighted by Gasteiger charge is 2.12. The Morgan fingerprint density at radius 1 is 1.19 bits per heavy atom. The van der Waals surface area contributed by atoms with Crippen molar-refractivity contribution in [3.63, 3.8) is 0 Å². The van der Waals surface area contributed by atoms with E-state index in [4.69, 9.17) is 21.7 Å². The molecule has 0 spiro atoms. The normalized spacial score (nSPS) is 10.9. The van der Waals surface area contributed by atoms with Crippen molar-refractivity contribution in [3.05, 3.63) is 42.0 Å². The van der Waals surface area contributed by atoms with E-state index in [1.165, 1.54) is 0 Å². The van der Waals surface area contributed by atoms with Gasteiger partial charge in [0.25, 0.3) is 0 Å². The molecule has 0 aliphatic rings. The van der Waals surface area contributed by atoms with Crippen molar-refractivity contribution < 1.29 is 9.47 Å². The molecule has 1 heterocycles. The molecule has 3 rings (SSSR count). The van der Waals surface area contributed by atoms with Crippen molar-refractivity contribution in [1.29, 1.82) is 0 Å². The fraction of sp³-hybridized carbons (Fsp3) is 0.167. The van der Waals surface area contributed by atoms with Crippen LogP contribution in [0, 0.1) is 0 Å². The van der Waals surface area contributed by atoms with Gasteiger partial charge in [0.05, 0.1) is 37.0 Å². The number of hydrogen-bond acceptors (Lipinski definition) is 5. The minimum atomic E-state index is 0.456. The van der Waals surface area contributed by atoms with E-state index in [2.05, 4.69) is 25.8 Å². The van der Waals surface area contributed by atoms with Gasteiger partial charge in [-0.1, -0.05) is 6.07 Å². The lowest BCUT2D eigenvalue weighted by molar-refractivity contribution is 0.395. The van der Waals surface area contributed by atoms with Crippen LogP contribution in [0.3, 0.4) is 0 Å². The number of imidazole rings is 1. The predicted octanol–water partition coefficient (Wildman–Crippen LogP) is 2.67. The van der Waals surface area contributed by atoms with Gasteiger partial charge < -0.3 is 19.8 Å². The molecule has 0 radical (unpaired) electrons. The molecule has 1 aromatic heterocycles. The van der Waals surface area contributed by atoms with E-state index < -0.39 is 0 Å². The Kier molecular flexibility index (Phi) is 5.33. The number of fused-ring (bicyclic) bond motifs is 1. The molecule has 0 unspecified atom stereocenters. The summed E-state index contributed by atoms with van der Waals surface area (Å²) in [6.07, 6.45) is 1.69. The lowest BCUT2D eigenvalue weighted by Gasteiger charge is -2.08. The number of thiocarbonyl (C=S) groups is 1. The summed E-state index contributed by atoms with van der Waals surface area (Å²) in [5, 5.41) is 7.33. The van der Waals surface area contributed by atoms with Crippen LogP contribution in [-0.4, -0.2) is 42.6 Å². The van der Waals surface area contributed by atoms with E-state index in [0.29, 0.717) is 10.9 Å². The SMILES string of the molecule is CNC(=S)N/N=C/c1ccc2nc(-c3ccc(OC)cc3OC)[nH]c2c1. The lowest BCUT2D eigenvalue weighted by Crippen LogP contribution is -2.28. The smallest absolute Gasteiger partial charge is 0.186 e. The third kappa shape index (κ3) is 3.75. The maximum atomic E-state index is 5.46. The summed E-state index contributed by atoms with van der Waals surface area (Å²) in [4.78, 5) is 7.97. The van der Waals surface area contributed by atoms with E-state index in [1.807, 2.05) is 36.4 Å². The van der Waals surface area contributed by atoms with Crippen LogP contribution in [0.25, 0.3) is 22.4 Å². The predicted molar refractivity (Wildman–Crippen MR) is 107 cm³/mol. The number of benzene rings is 2. The van der Waals surface area contributed by atoms with Gasteiger partial charge in [0.15, 0.2) is 5.11 Å². The quantitative estimate of drug-likeness (QED) is 0.364. The Bertz CT molecular complexity index is 967. The summed E-state index contributed by atoms with van der Waals surface area (Å²) in [7, 11) is 4.98. The molecule has 0 bridgehead atoms. The van der Waals surface area contributed by atoms with Gasteiger partial charge in [-0.25, -0.2) is 4.98 Å². The molecule has 2 aromatic carbocycles. The summed E-state index contributed by atoms with van der Waals surface area (Å²) in [6.45, 7) is 0. The summed E-state index contributed by atoms with van der Waals surface area (Å²) >= 11 is 4.97. The van der Waals surface area contributed by atoms with Gasteiger partial charge in [-0.05, 0) is 42.0 Å². The molecule has 0 saturated carbocycles. The standard InChI is InChI=1S/C18H19N5O2S/c1-19-18(26)23-20-10-11-4-7-14-15(8-11)22-17(21-14)13-6-5-12(24-2)9-16(13)25-3/h4-10H,1-3H3,(H,21,22)(H2,19,23,26)/b20-10+. The third-order valence-corrected chi connectivity index (χ3v) is 4.07. The van der Waals surface area contributed by atoms with Gasteiger partial charge >= 0.3 is 0 Å². The fourth-order valence-corrected chi connectivity index (χ4v) is 2.50. The summed E-state index contributed by atoms with van der Waals surface area (Å²) < 4.78 is 10.7. The average molecular weight is 369 g/mol. The van der Waals surface area contributed by atoms with Gasteiger partial charge in [0.2, 0.25) is 0 Å². The number of ether oxygens (including phenoxy) is 2. The van der Waals surface area contributed by atoms with Crippen molar-refractivity contribution in [2.75, 3.05) is 21.3 Å². The number of H-pyrrole nitrogens is 1. The molecule has 0 aliphatic carbocycles. The molecular weight excluding hydrogens is 350 g/mol. The second kappa shape index (κ2) is 7.83. The zero-order valence-corrected chi connectivity index (χ0v) is 15.5. The van der Waals surface area contributed by atoms with Crippen LogP contribution in [0.4, 0.5) is 0 Å². The first-order valence-corrected chi connectivity index (χ1v) is 8.28. The van der Waals surface area contributed by atoms with E-state index in [0.717, 1.165) is 33.7 Å². The molecule has 0 amide bonds. The second-order valence-corrected chi connectivity index (χ2v) is 5.79. The fourth-order valence-electron chi connectivity index (χ4n) is 2.45. The van der Waals surface area contributed by atoms with Crippen molar-refractivity contribution in [1.82, 2.24) is 20.7 Å². The minimum Gasteiger partial charge on any atom is -0.497 e. The summed E-state index contributed by atoms with van der Waals surface area (Å²) in [5.41, 5.74) is 6.26. The Morgan fingerprint density at radius 3 is 2.77 bits per heavy atom. The molecule has 134 valence electrons. The number of rotatable bonds is 5. The highest BCUT2D eigenvalue weighted by Crippen LogP contribution is 2.32. The highest BCUT2D eigenvalue weighted by molar-refractivity contribution is 7.80. The maximum absolute atomic E-state index is 5.46. The van der Waals surface area contributed by atoms with E-state index in [9.17, 15) is 0 Å². The molecule has 0 aliphatic heterocycles. The topological polar surface area (TPSA) is 83.6 Å². The Morgan fingerprint density at radius 2 is 2.04 bits per heavy atom. The Labute approximate surface area is 156 Å². The van der Waals surface area contributed by atoms with Gasteiger partial charge in [-0.2, -0.15) is 5.10 Å². The molecule has 3 N–H and O–H groups in total. The second-order valence-electron chi connectivity index (χ2n) is 5.38. The molecule has 8 heteroatoms. The molecular formula is C18H19N5O2S. The maximum Gasteiger partial charge on any atom is 0.186 e. The Balaban J connectivity index is 1.91. The van der Waals surface area contributed by atoms with Crippen LogP contribution in [0.5, 0.6) is 11.5 Å². The molecule has 7 nitrogen and oxygen atoms in total. The first-order valence-electron chi connectivity index (χ1n) is 7.87. The van der Waals surface area contributed by atoms with Gasteiger partial charge in [0.1, 0.15) is 17.3 Å². The number of nitrogens with zero attached hydrogens (tertiary/aromatic N) is 2. The Hall–Kier alpha value is -3.13.